The van der Waals surface area contributed by atoms with Crippen LogP contribution in [0.15, 0.2) is 81.6 Å². The van der Waals surface area contributed by atoms with Gasteiger partial charge in [0.25, 0.3) is 17.4 Å². The molecule has 3 aromatic rings. The van der Waals surface area contributed by atoms with E-state index < -0.39 is 0 Å². The Bertz CT molecular complexity index is 1560. The highest BCUT2D eigenvalue weighted by molar-refractivity contribution is 9.10. The molecule has 2 amide bonds. The van der Waals surface area contributed by atoms with Crippen LogP contribution in [0.2, 0.25) is 0 Å². The summed E-state index contributed by atoms with van der Waals surface area (Å²) in [6.07, 6.45) is 8.94. The predicted octanol–water partition coefficient (Wildman–Crippen LogP) is 6.11. The third kappa shape index (κ3) is 6.03. The van der Waals surface area contributed by atoms with Gasteiger partial charge in [-0.25, -0.2) is 0 Å². The Morgan fingerprint density at radius 2 is 1.83 bits per heavy atom. The Kier molecular flexibility index (Phi) is 8.10. The van der Waals surface area contributed by atoms with Crippen LogP contribution in [0.5, 0.6) is 0 Å². The molecule has 3 aliphatic rings. The maximum atomic E-state index is 13.4. The van der Waals surface area contributed by atoms with Crippen LogP contribution < -0.4 is 21.1 Å². The van der Waals surface area contributed by atoms with Gasteiger partial charge in [-0.1, -0.05) is 29.8 Å². The molecule has 3 heterocycles. The third-order valence-electron chi connectivity index (χ3n) is 8.56. The first-order valence-electron chi connectivity index (χ1n) is 14.6. The molecule has 8 heteroatoms. The van der Waals surface area contributed by atoms with Gasteiger partial charge in [0.05, 0.1) is 16.9 Å². The van der Waals surface area contributed by atoms with Crippen molar-refractivity contribution in [1.29, 1.82) is 0 Å². The number of aromatic nitrogens is 1. The molecule has 1 aliphatic carbocycles. The highest BCUT2D eigenvalue weighted by Gasteiger charge is 2.35. The minimum atomic E-state index is -0.241. The highest BCUT2D eigenvalue weighted by atomic mass is 79.9. The van der Waals surface area contributed by atoms with Crippen LogP contribution in [-0.4, -0.2) is 36.0 Å². The molecule has 1 aromatic heterocycles. The van der Waals surface area contributed by atoms with Crippen molar-refractivity contribution in [3.05, 3.63) is 104 Å². The van der Waals surface area contributed by atoms with Crippen LogP contribution in [0.4, 0.5) is 11.4 Å². The first-order chi connectivity index (χ1) is 20.0. The molecule has 2 unspecified atom stereocenters. The molecule has 0 radical (unpaired) electrons. The predicted molar refractivity (Wildman–Crippen MR) is 166 cm³/mol. The number of halogens is 1. The lowest BCUT2D eigenvalue weighted by Crippen LogP contribution is -2.47. The number of rotatable bonds is 7. The first kappa shape index (κ1) is 27.5. The molecule has 41 heavy (non-hydrogen) atoms. The van der Waals surface area contributed by atoms with Gasteiger partial charge in [-0.05, 0) is 96.8 Å². The molecule has 1 saturated heterocycles. The number of nitrogens with one attached hydrogen (secondary N) is 2. The van der Waals surface area contributed by atoms with Crippen molar-refractivity contribution in [2.75, 3.05) is 29.9 Å². The summed E-state index contributed by atoms with van der Waals surface area (Å²) in [5, 5.41) is 6.18. The molecule has 0 saturated carbocycles. The second-order valence-corrected chi connectivity index (χ2v) is 12.2. The van der Waals surface area contributed by atoms with Crippen LogP contribution in [-0.2, 0) is 6.54 Å². The van der Waals surface area contributed by atoms with Gasteiger partial charge in [0, 0.05) is 53.9 Å². The minimum absolute atomic E-state index is 0.0576. The lowest BCUT2D eigenvalue weighted by atomic mass is 9.83. The number of hydrogen-bond acceptors (Lipinski definition) is 4. The fraction of sp³-hybridized carbons (Fsp3) is 0.364. The second kappa shape index (κ2) is 12.1. The second-order valence-electron chi connectivity index (χ2n) is 11.4. The molecule has 2 bridgehead atoms. The van der Waals surface area contributed by atoms with Crippen LogP contribution in [0.1, 0.15) is 70.9 Å². The van der Waals surface area contributed by atoms with E-state index in [2.05, 4.69) is 43.6 Å². The van der Waals surface area contributed by atoms with E-state index in [0.29, 0.717) is 40.3 Å². The zero-order valence-electron chi connectivity index (χ0n) is 23.1. The molecule has 212 valence electrons. The van der Waals surface area contributed by atoms with Crippen LogP contribution in [0.3, 0.4) is 0 Å². The number of anilines is 2. The fourth-order valence-corrected chi connectivity index (χ4v) is 7.02. The average molecular weight is 616 g/mol. The summed E-state index contributed by atoms with van der Waals surface area (Å²) in [6.45, 7) is 2.80. The fourth-order valence-electron chi connectivity index (χ4n) is 6.55. The lowest BCUT2D eigenvalue weighted by molar-refractivity contribution is 0.0952. The zero-order chi connectivity index (χ0) is 28.3. The van der Waals surface area contributed by atoms with E-state index in [0.717, 1.165) is 50.2 Å². The molecule has 0 spiro atoms. The number of hydrogen-bond donors (Lipinski definition) is 2. The molecule has 7 nitrogen and oxygen atoms in total. The van der Waals surface area contributed by atoms with Crippen molar-refractivity contribution >= 4 is 39.1 Å². The summed E-state index contributed by atoms with van der Waals surface area (Å²) in [5.74, 6) is 0.160. The van der Waals surface area contributed by atoms with E-state index in [1.807, 2.05) is 41.0 Å². The van der Waals surface area contributed by atoms with E-state index in [4.69, 9.17) is 0 Å². The largest absolute Gasteiger partial charge is 0.369 e. The quantitative estimate of drug-likeness (QED) is 0.315. The van der Waals surface area contributed by atoms with Crippen molar-refractivity contribution < 1.29 is 9.59 Å². The molecule has 2 aliphatic heterocycles. The lowest BCUT2D eigenvalue weighted by Gasteiger charge is -2.44. The van der Waals surface area contributed by atoms with Gasteiger partial charge < -0.3 is 20.1 Å². The number of carbonyl (C=O) groups is 2. The SMILES string of the molecule is O=C(NCCC1=CCCCC1)c1ccc(N2CC3CC(C2)c2cccc(=O)n2C3)c(NC(=O)c2ccccc2Br)c1. The van der Waals surface area contributed by atoms with Gasteiger partial charge in [-0.2, -0.15) is 0 Å². The maximum Gasteiger partial charge on any atom is 0.256 e. The van der Waals surface area contributed by atoms with Crippen molar-refractivity contribution in [3.8, 4) is 0 Å². The van der Waals surface area contributed by atoms with Gasteiger partial charge in [-0.15, -0.1) is 0 Å². The van der Waals surface area contributed by atoms with Crippen LogP contribution in [0.25, 0.3) is 0 Å². The summed E-state index contributed by atoms with van der Waals surface area (Å²) in [4.78, 5) is 41.4. The van der Waals surface area contributed by atoms with Crippen LogP contribution in [0, 0.1) is 5.92 Å². The normalized spacial score (nSPS) is 19.6. The van der Waals surface area contributed by atoms with Gasteiger partial charge in [0.15, 0.2) is 0 Å². The Labute approximate surface area is 248 Å². The van der Waals surface area contributed by atoms with E-state index >= 15 is 0 Å². The number of piperidine rings is 1. The minimum Gasteiger partial charge on any atom is -0.369 e. The number of nitrogens with zero attached hydrogens (tertiary/aromatic N) is 2. The Balaban J connectivity index is 1.26. The molecular formula is C33H35BrN4O3. The number of amides is 2. The molecule has 6 rings (SSSR count). The molecule has 1 fully saturated rings. The van der Waals surface area contributed by atoms with Gasteiger partial charge >= 0.3 is 0 Å². The van der Waals surface area contributed by atoms with Gasteiger partial charge in [-0.3, -0.25) is 14.4 Å². The Hall–Kier alpha value is -3.65. The van der Waals surface area contributed by atoms with Crippen molar-refractivity contribution in [3.63, 3.8) is 0 Å². The van der Waals surface area contributed by atoms with Crippen molar-refractivity contribution in [2.45, 2.75) is 51.0 Å². The molecule has 2 aromatic carbocycles. The van der Waals surface area contributed by atoms with E-state index in [-0.39, 0.29) is 23.3 Å². The summed E-state index contributed by atoms with van der Waals surface area (Å²) < 4.78 is 2.63. The Morgan fingerprint density at radius 3 is 2.66 bits per heavy atom. The zero-order valence-corrected chi connectivity index (χ0v) is 24.7. The smallest absolute Gasteiger partial charge is 0.256 e. The molecular weight excluding hydrogens is 580 g/mol. The molecule has 2 atom stereocenters. The summed E-state index contributed by atoms with van der Waals surface area (Å²) in [5.41, 5.74) is 5.09. The van der Waals surface area contributed by atoms with Gasteiger partial charge in [0.1, 0.15) is 0 Å². The summed E-state index contributed by atoms with van der Waals surface area (Å²) in [6, 6.07) is 18.4. The topological polar surface area (TPSA) is 83.4 Å². The third-order valence-corrected chi connectivity index (χ3v) is 9.25. The summed E-state index contributed by atoms with van der Waals surface area (Å²) >= 11 is 3.49. The average Bonchev–Trinajstić information content (AvgIpc) is 2.98. The van der Waals surface area contributed by atoms with Crippen molar-refractivity contribution in [1.82, 2.24) is 9.88 Å². The van der Waals surface area contributed by atoms with Gasteiger partial charge in [0.2, 0.25) is 0 Å². The molecule has 2 N–H and O–H groups in total. The number of fused-ring (bicyclic) bond motifs is 4. The maximum absolute atomic E-state index is 13.4. The van der Waals surface area contributed by atoms with E-state index in [1.165, 1.54) is 18.4 Å². The highest BCUT2D eigenvalue weighted by Crippen LogP contribution is 2.39. The summed E-state index contributed by atoms with van der Waals surface area (Å²) in [7, 11) is 0. The monoisotopic (exact) mass is 614 g/mol. The standard InChI is InChI=1S/C33H35BrN4O3/c34-27-10-5-4-9-26(27)33(41)36-28-18-24(32(40)35-16-15-22-7-2-1-3-8-22)13-14-30(28)37-19-23-17-25(21-37)29-11-6-12-31(39)38(29)20-23/h4-7,9-14,18,23,25H,1-3,8,15-17,19-21H2,(H,35,40)(H,36,41). The van der Waals surface area contributed by atoms with Crippen LogP contribution >= 0.6 is 15.9 Å². The first-order valence-corrected chi connectivity index (χ1v) is 15.4. The number of pyridine rings is 1. The number of benzene rings is 2. The van der Waals surface area contributed by atoms with E-state index in [9.17, 15) is 14.4 Å². The number of allylic oxidation sites excluding steroid dienone is 1. The Morgan fingerprint density at radius 1 is 0.951 bits per heavy atom. The number of carbonyl (C=O) groups excluding carboxylic acids is 2. The van der Waals surface area contributed by atoms with Crippen molar-refractivity contribution in [2.24, 2.45) is 5.92 Å². The van der Waals surface area contributed by atoms with E-state index in [1.54, 1.807) is 18.2 Å².